The van der Waals surface area contributed by atoms with E-state index in [1.54, 1.807) is 24.8 Å². The summed E-state index contributed by atoms with van der Waals surface area (Å²) in [5.41, 5.74) is 0. The highest BCUT2D eigenvalue weighted by molar-refractivity contribution is 6.29. The van der Waals surface area contributed by atoms with Crippen LogP contribution in [0.1, 0.15) is 12.8 Å². The van der Waals surface area contributed by atoms with Crippen LogP contribution in [0.4, 0.5) is 5.82 Å². The molecular weight excluding hydrogens is 278 g/mol. The molecular formula is C13H14ClN5O. The monoisotopic (exact) mass is 291 g/mol. The molecule has 0 radical (unpaired) electrons. The van der Waals surface area contributed by atoms with Crippen LogP contribution in [0.5, 0.6) is 5.88 Å². The van der Waals surface area contributed by atoms with Crippen molar-refractivity contribution in [2.45, 2.75) is 18.9 Å². The molecule has 0 saturated carbocycles. The van der Waals surface area contributed by atoms with Crippen molar-refractivity contribution >= 4 is 17.4 Å². The van der Waals surface area contributed by atoms with Gasteiger partial charge in [0.15, 0.2) is 5.15 Å². The molecule has 1 aliphatic heterocycles. The lowest BCUT2D eigenvalue weighted by atomic mass is 10.1. The lowest BCUT2D eigenvalue weighted by Crippen LogP contribution is -2.38. The minimum Gasteiger partial charge on any atom is -0.473 e. The van der Waals surface area contributed by atoms with Gasteiger partial charge in [-0.1, -0.05) is 11.6 Å². The number of anilines is 1. The average Bonchev–Trinajstić information content (AvgIpc) is 2.49. The first-order valence-corrected chi connectivity index (χ1v) is 6.84. The zero-order valence-electron chi connectivity index (χ0n) is 10.8. The first-order chi connectivity index (χ1) is 9.81. The Morgan fingerprint density at radius 3 is 2.65 bits per heavy atom. The zero-order chi connectivity index (χ0) is 13.8. The summed E-state index contributed by atoms with van der Waals surface area (Å²) >= 11 is 5.79. The Hall–Kier alpha value is -1.95. The van der Waals surface area contributed by atoms with Gasteiger partial charge in [0, 0.05) is 38.3 Å². The van der Waals surface area contributed by atoms with Crippen LogP contribution in [0.3, 0.4) is 0 Å². The summed E-state index contributed by atoms with van der Waals surface area (Å²) in [4.78, 5) is 18.7. The van der Waals surface area contributed by atoms with Gasteiger partial charge in [0.25, 0.3) is 0 Å². The van der Waals surface area contributed by atoms with Crippen molar-refractivity contribution in [2.75, 3.05) is 18.0 Å². The third-order valence-electron chi connectivity index (χ3n) is 3.19. The Bertz CT molecular complexity index is 560. The number of nitrogens with zero attached hydrogens (tertiary/aromatic N) is 5. The van der Waals surface area contributed by atoms with Crippen molar-refractivity contribution in [2.24, 2.45) is 0 Å². The third-order valence-corrected chi connectivity index (χ3v) is 3.37. The molecule has 1 fully saturated rings. The maximum Gasteiger partial charge on any atom is 0.234 e. The highest BCUT2D eigenvalue weighted by atomic mass is 35.5. The minimum atomic E-state index is 0.135. The highest BCUT2D eigenvalue weighted by Gasteiger charge is 2.22. The molecule has 6 nitrogen and oxygen atoms in total. The number of halogens is 1. The second-order valence-corrected chi connectivity index (χ2v) is 4.94. The summed E-state index contributed by atoms with van der Waals surface area (Å²) in [6, 6.07) is 0. The number of hydrogen-bond donors (Lipinski definition) is 0. The Morgan fingerprint density at radius 1 is 1.10 bits per heavy atom. The first kappa shape index (κ1) is 13.1. The van der Waals surface area contributed by atoms with Gasteiger partial charge in [-0.15, -0.1) is 0 Å². The van der Waals surface area contributed by atoms with Crippen molar-refractivity contribution in [3.8, 4) is 5.88 Å². The van der Waals surface area contributed by atoms with Gasteiger partial charge in [0.05, 0.1) is 18.6 Å². The SMILES string of the molecule is Clc1cncc(OC2CCN(c3cnccn3)CC2)n1. The van der Waals surface area contributed by atoms with E-state index in [1.807, 2.05) is 0 Å². The van der Waals surface area contributed by atoms with Crippen LogP contribution in [0.15, 0.2) is 31.0 Å². The molecule has 1 saturated heterocycles. The maximum absolute atomic E-state index is 5.80. The van der Waals surface area contributed by atoms with Gasteiger partial charge in [-0.2, -0.15) is 4.98 Å². The van der Waals surface area contributed by atoms with E-state index in [-0.39, 0.29) is 6.10 Å². The zero-order valence-corrected chi connectivity index (χ0v) is 11.6. The van der Waals surface area contributed by atoms with E-state index in [1.165, 1.54) is 6.20 Å². The van der Waals surface area contributed by atoms with E-state index < -0.39 is 0 Å². The molecule has 0 spiro atoms. The fourth-order valence-electron chi connectivity index (χ4n) is 2.21. The Morgan fingerprint density at radius 2 is 1.95 bits per heavy atom. The summed E-state index contributed by atoms with van der Waals surface area (Å²) in [5, 5.41) is 0.347. The quantitative estimate of drug-likeness (QED) is 0.861. The van der Waals surface area contributed by atoms with Crippen molar-refractivity contribution < 1.29 is 4.74 Å². The molecule has 2 aromatic rings. The van der Waals surface area contributed by atoms with Crippen LogP contribution in [-0.4, -0.2) is 39.1 Å². The third kappa shape index (κ3) is 3.14. The number of rotatable bonds is 3. The van der Waals surface area contributed by atoms with Crippen LogP contribution in [0.25, 0.3) is 0 Å². The fourth-order valence-corrected chi connectivity index (χ4v) is 2.35. The fraction of sp³-hybridized carbons (Fsp3) is 0.385. The summed E-state index contributed by atoms with van der Waals surface area (Å²) in [7, 11) is 0. The molecule has 0 unspecified atom stereocenters. The molecule has 104 valence electrons. The summed E-state index contributed by atoms with van der Waals surface area (Å²) in [6.07, 6.45) is 10.2. The molecule has 20 heavy (non-hydrogen) atoms. The molecule has 0 N–H and O–H groups in total. The van der Waals surface area contributed by atoms with Crippen molar-refractivity contribution in [3.63, 3.8) is 0 Å². The summed E-state index contributed by atoms with van der Waals surface area (Å²) in [5.74, 6) is 1.39. The van der Waals surface area contributed by atoms with E-state index in [2.05, 4.69) is 24.8 Å². The standard InChI is InChI=1S/C13H14ClN5O/c14-11-7-16-9-13(18-11)20-10-1-5-19(6-2-10)12-8-15-3-4-17-12/h3-4,7-10H,1-2,5-6H2. The van der Waals surface area contributed by atoms with E-state index in [4.69, 9.17) is 16.3 Å². The van der Waals surface area contributed by atoms with Gasteiger partial charge < -0.3 is 9.64 Å². The molecule has 0 aromatic carbocycles. The van der Waals surface area contributed by atoms with E-state index in [0.29, 0.717) is 11.0 Å². The maximum atomic E-state index is 5.80. The Labute approximate surface area is 121 Å². The normalized spacial score (nSPS) is 16.1. The molecule has 1 aliphatic rings. The molecule has 3 heterocycles. The van der Waals surface area contributed by atoms with Crippen molar-refractivity contribution in [3.05, 3.63) is 36.1 Å². The first-order valence-electron chi connectivity index (χ1n) is 6.46. The van der Waals surface area contributed by atoms with E-state index >= 15 is 0 Å². The van der Waals surface area contributed by atoms with Crippen LogP contribution in [0, 0.1) is 0 Å². The van der Waals surface area contributed by atoms with Crippen LogP contribution < -0.4 is 9.64 Å². The van der Waals surface area contributed by atoms with E-state index in [9.17, 15) is 0 Å². The molecule has 0 bridgehead atoms. The number of hydrogen-bond acceptors (Lipinski definition) is 6. The van der Waals surface area contributed by atoms with Crippen molar-refractivity contribution in [1.29, 1.82) is 0 Å². The molecule has 0 aliphatic carbocycles. The van der Waals surface area contributed by atoms with E-state index in [0.717, 1.165) is 31.7 Å². The smallest absolute Gasteiger partial charge is 0.234 e. The minimum absolute atomic E-state index is 0.135. The Kier molecular flexibility index (Phi) is 3.92. The van der Waals surface area contributed by atoms with Gasteiger partial charge in [-0.05, 0) is 0 Å². The molecule has 0 amide bonds. The van der Waals surface area contributed by atoms with Crippen molar-refractivity contribution in [1.82, 2.24) is 19.9 Å². The second-order valence-electron chi connectivity index (χ2n) is 4.55. The van der Waals surface area contributed by atoms with Gasteiger partial charge in [0.2, 0.25) is 5.88 Å². The summed E-state index contributed by atoms with van der Waals surface area (Å²) in [6.45, 7) is 1.77. The highest BCUT2D eigenvalue weighted by Crippen LogP contribution is 2.20. The number of ether oxygens (including phenoxy) is 1. The second kappa shape index (κ2) is 6.00. The molecule has 2 aromatic heterocycles. The van der Waals surface area contributed by atoms with Gasteiger partial charge in [-0.3, -0.25) is 9.97 Å². The van der Waals surface area contributed by atoms with Gasteiger partial charge in [-0.25, -0.2) is 4.98 Å². The molecule has 0 atom stereocenters. The van der Waals surface area contributed by atoms with Crippen LogP contribution in [-0.2, 0) is 0 Å². The predicted octanol–water partition coefficient (Wildman–Crippen LogP) is 1.97. The van der Waals surface area contributed by atoms with Gasteiger partial charge >= 0.3 is 0 Å². The predicted molar refractivity (Wildman–Crippen MR) is 74.9 cm³/mol. The summed E-state index contributed by atoms with van der Waals surface area (Å²) < 4.78 is 5.80. The molecule has 7 heteroatoms. The topological polar surface area (TPSA) is 64.0 Å². The Balaban J connectivity index is 1.56. The largest absolute Gasteiger partial charge is 0.473 e. The number of aromatic nitrogens is 4. The van der Waals surface area contributed by atoms with Crippen LogP contribution in [0.2, 0.25) is 5.15 Å². The van der Waals surface area contributed by atoms with Crippen LogP contribution >= 0.6 is 11.6 Å². The lowest BCUT2D eigenvalue weighted by Gasteiger charge is -2.32. The number of piperidine rings is 1. The molecule has 3 rings (SSSR count). The van der Waals surface area contributed by atoms with Gasteiger partial charge in [0.1, 0.15) is 11.9 Å². The average molecular weight is 292 g/mol. The lowest BCUT2D eigenvalue weighted by molar-refractivity contribution is 0.163.